The van der Waals surface area contributed by atoms with E-state index in [1.807, 2.05) is 19.9 Å². The number of Topliss-reactive ketones (excluding diaryl/α,β-unsaturated/α-hetero) is 1. The van der Waals surface area contributed by atoms with Crippen LogP contribution in [0.4, 0.5) is 0 Å². The van der Waals surface area contributed by atoms with Crippen LogP contribution in [0.1, 0.15) is 40.5 Å². The van der Waals surface area contributed by atoms with Crippen molar-refractivity contribution in [1.82, 2.24) is 0 Å². The van der Waals surface area contributed by atoms with E-state index in [2.05, 4.69) is 13.8 Å². The van der Waals surface area contributed by atoms with E-state index in [0.717, 1.165) is 5.57 Å². The first-order chi connectivity index (χ1) is 13.1. The van der Waals surface area contributed by atoms with Crippen LogP contribution in [-0.4, -0.2) is 43.3 Å². The summed E-state index contributed by atoms with van der Waals surface area (Å²) in [6, 6.07) is 0. The SMILES string of the molecule is COC1=C[C@@H](C)[C@@H]2C[C@H]3OC(=O)C[C@H]4C(C)=C(OC)C(=O)[C@@H]([C@@]34C)[C@@]2(C)[C@H]1O. The molecule has 0 unspecified atom stereocenters. The van der Waals surface area contributed by atoms with Crippen LogP contribution in [0.25, 0.3) is 0 Å². The van der Waals surface area contributed by atoms with Crippen LogP contribution < -0.4 is 0 Å². The molecule has 6 heteroatoms. The molecule has 1 N–H and O–H groups in total. The second-order valence-electron chi connectivity index (χ2n) is 9.36. The molecule has 1 saturated heterocycles. The summed E-state index contributed by atoms with van der Waals surface area (Å²) in [7, 11) is 3.05. The van der Waals surface area contributed by atoms with Gasteiger partial charge in [-0.1, -0.05) is 20.8 Å². The van der Waals surface area contributed by atoms with E-state index < -0.39 is 22.9 Å². The van der Waals surface area contributed by atoms with Gasteiger partial charge in [0.05, 0.1) is 20.6 Å². The molecule has 0 aromatic carbocycles. The van der Waals surface area contributed by atoms with Gasteiger partial charge in [-0.05, 0) is 36.8 Å². The molecule has 1 aliphatic heterocycles. The van der Waals surface area contributed by atoms with Crippen LogP contribution in [0.2, 0.25) is 0 Å². The molecule has 0 aromatic rings. The number of esters is 1. The van der Waals surface area contributed by atoms with Crippen molar-refractivity contribution < 1.29 is 28.9 Å². The monoisotopic (exact) mass is 390 g/mol. The topological polar surface area (TPSA) is 82.1 Å². The lowest BCUT2D eigenvalue weighted by Crippen LogP contribution is -2.70. The summed E-state index contributed by atoms with van der Waals surface area (Å²) >= 11 is 0. The molecule has 1 saturated carbocycles. The Labute approximate surface area is 165 Å². The molecule has 0 radical (unpaired) electrons. The van der Waals surface area contributed by atoms with Crippen molar-refractivity contribution in [3.05, 3.63) is 23.2 Å². The van der Waals surface area contributed by atoms with Crippen LogP contribution in [0.5, 0.6) is 0 Å². The molecule has 8 atom stereocenters. The lowest BCUT2D eigenvalue weighted by atomic mass is 9.40. The average molecular weight is 390 g/mol. The summed E-state index contributed by atoms with van der Waals surface area (Å²) in [5.41, 5.74) is -0.510. The second kappa shape index (κ2) is 6.09. The summed E-state index contributed by atoms with van der Waals surface area (Å²) in [5, 5.41) is 11.3. The van der Waals surface area contributed by atoms with E-state index in [1.54, 1.807) is 7.11 Å². The highest BCUT2D eigenvalue weighted by atomic mass is 16.5. The minimum Gasteiger partial charge on any atom is -0.499 e. The van der Waals surface area contributed by atoms with E-state index in [1.165, 1.54) is 7.11 Å². The number of rotatable bonds is 2. The van der Waals surface area contributed by atoms with Crippen LogP contribution in [-0.2, 0) is 23.8 Å². The van der Waals surface area contributed by atoms with Gasteiger partial charge in [-0.2, -0.15) is 0 Å². The number of fused-ring (bicyclic) bond motifs is 2. The number of hydrogen-bond acceptors (Lipinski definition) is 6. The fraction of sp³-hybridized carbons (Fsp3) is 0.727. The van der Waals surface area contributed by atoms with Crippen molar-refractivity contribution in [2.45, 2.75) is 52.7 Å². The predicted octanol–water partition coefficient (Wildman–Crippen LogP) is 2.61. The van der Waals surface area contributed by atoms with Crippen LogP contribution in [0.3, 0.4) is 0 Å². The van der Waals surface area contributed by atoms with E-state index in [4.69, 9.17) is 14.2 Å². The minimum atomic E-state index is -0.903. The fourth-order valence-electron chi connectivity index (χ4n) is 7.03. The number of carbonyl (C=O) groups is 2. The first kappa shape index (κ1) is 19.5. The number of ether oxygens (including phenoxy) is 3. The quantitative estimate of drug-likeness (QED) is 0.730. The van der Waals surface area contributed by atoms with Crippen LogP contribution in [0, 0.1) is 34.5 Å². The van der Waals surface area contributed by atoms with E-state index in [9.17, 15) is 14.7 Å². The maximum atomic E-state index is 13.7. The number of aliphatic hydroxyl groups is 1. The van der Waals surface area contributed by atoms with Crippen LogP contribution >= 0.6 is 0 Å². The third-order valence-electron chi connectivity index (χ3n) is 8.33. The van der Waals surface area contributed by atoms with E-state index in [0.29, 0.717) is 17.9 Å². The maximum Gasteiger partial charge on any atom is 0.306 e. The average Bonchev–Trinajstić information content (AvgIpc) is 2.63. The fourth-order valence-corrected chi connectivity index (χ4v) is 7.03. The first-order valence-electron chi connectivity index (χ1n) is 10.0. The maximum absolute atomic E-state index is 13.7. The number of methoxy groups -OCH3 is 2. The molecular weight excluding hydrogens is 360 g/mol. The number of allylic oxidation sites excluding steroid dienone is 3. The Balaban J connectivity index is 1.97. The third kappa shape index (κ3) is 2.13. The molecule has 28 heavy (non-hydrogen) atoms. The lowest BCUT2D eigenvalue weighted by Gasteiger charge is -2.65. The van der Waals surface area contributed by atoms with Crippen LogP contribution in [0.15, 0.2) is 23.2 Å². The van der Waals surface area contributed by atoms with Gasteiger partial charge in [-0.15, -0.1) is 0 Å². The van der Waals surface area contributed by atoms with E-state index in [-0.39, 0.29) is 42.0 Å². The Morgan fingerprint density at radius 3 is 2.46 bits per heavy atom. The Hall–Kier alpha value is -1.82. The van der Waals surface area contributed by atoms with Gasteiger partial charge in [-0.3, -0.25) is 9.59 Å². The van der Waals surface area contributed by atoms with Gasteiger partial charge < -0.3 is 19.3 Å². The van der Waals surface area contributed by atoms with Gasteiger partial charge in [0.25, 0.3) is 0 Å². The zero-order valence-electron chi connectivity index (χ0n) is 17.4. The Bertz CT molecular complexity index is 797. The largest absolute Gasteiger partial charge is 0.499 e. The molecular formula is C22H30O6. The minimum absolute atomic E-state index is 0.0171. The highest BCUT2D eigenvalue weighted by Crippen LogP contribution is 2.67. The number of aliphatic hydroxyl groups excluding tert-OH is 1. The molecule has 3 aliphatic carbocycles. The number of hydrogen-bond donors (Lipinski definition) is 1. The van der Waals surface area contributed by atoms with E-state index >= 15 is 0 Å². The zero-order valence-corrected chi connectivity index (χ0v) is 17.4. The van der Waals surface area contributed by atoms with Gasteiger partial charge >= 0.3 is 5.97 Å². The lowest BCUT2D eigenvalue weighted by molar-refractivity contribution is -0.233. The molecule has 2 fully saturated rings. The van der Waals surface area contributed by atoms with Crippen molar-refractivity contribution in [3.63, 3.8) is 0 Å². The first-order valence-corrected chi connectivity index (χ1v) is 10.0. The molecule has 0 bridgehead atoms. The molecule has 1 heterocycles. The van der Waals surface area contributed by atoms with Gasteiger partial charge in [0.1, 0.15) is 18.0 Å². The highest BCUT2D eigenvalue weighted by Gasteiger charge is 2.71. The predicted molar refractivity (Wildman–Crippen MR) is 101 cm³/mol. The zero-order chi connectivity index (χ0) is 20.6. The highest BCUT2D eigenvalue weighted by molar-refractivity contribution is 5.99. The molecule has 0 aromatic heterocycles. The van der Waals surface area contributed by atoms with Crippen molar-refractivity contribution in [1.29, 1.82) is 0 Å². The van der Waals surface area contributed by atoms with Crippen molar-refractivity contribution in [2.75, 3.05) is 14.2 Å². The summed E-state index contributed by atoms with van der Waals surface area (Å²) < 4.78 is 16.9. The summed E-state index contributed by atoms with van der Waals surface area (Å²) in [6.07, 6.45) is 1.54. The summed E-state index contributed by atoms with van der Waals surface area (Å²) in [6.45, 7) is 8.00. The Morgan fingerprint density at radius 1 is 1.18 bits per heavy atom. The molecule has 4 rings (SSSR count). The molecule has 0 spiro atoms. The Morgan fingerprint density at radius 2 is 1.86 bits per heavy atom. The molecule has 0 amide bonds. The van der Waals surface area contributed by atoms with Crippen molar-refractivity contribution in [3.8, 4) is 0 Å². The van der Waals surface area contributed by atoms with Gasteiger partial charge in [0, 0.05) is 22.7 Å². The second-order valence-corrected chi connectivity index (χ2v) is 9.36. The molecule has 154 valence electrons. The van der Waals surface area contributed by atoms with Crippen molar-refractivity contribution in [2.24, 2.45) is 34.5 Å². The summed E-state index contributed by atoms with van der Waals surface area (Å²) in [5.74, 6) is -0.0971. The summed E-state index contributed by atoms with van der Waals surface area (Å²) in [4.78, 5) is 26.1. The van der Waals surface area contributed by atoms with Gasteiger partial charge in [0.2, 0.25) is 5.78 Å². The number of ketones is 1. The standard InChI is InChI=1S/C22H30O6/c1-10-7-14(26-5)20(25)22(4)12(10)8-15-21(3)13(9-16(23)28-15)11(2)18(27-6)17(24)19(21)22/h7,10,12-13,15,19-20,25H,8-9H2,1-6H3/t10-,12+,13+,15-,19+,20+,21-,22+/m1/s1. The van der Waals surface area contributed by atoms with Gasteiger partial charge in [0.15, 0.2) is 5.76 Å². The normalized spacial score (nSPS) is 47.6. The molecule has 4 aliphatic rings. The molecule has 6 nitrogen and oxygen atoms in total. The Kier molecular flexibility index (Phi) is 4.24. The number of carbonyl (C=O) groups excluding carboxylic acids is 2. The van der Waals surface area contributed by atoms with Crippen molar-refractivity contribution >= 4 is 11.8 Å². The smallest absolute Gasteiger partial charge is 0.306 e. The third-order valence-corrected chi connectivity index (χ3v) is 8.33. The van der Waals surface area contributed by atoms with Gasteiger partial charge in [-0.25, -0.2) is 0 Å².